The summed E-state index contributed by atoms with van der Waals surface area (Å²) >= 11 is 3.41. The first-order chi connectivity index (χ1) is 11.3. The molecule has 1 unspecified atom stereocenters. The number of ketones is 1. The smallest absolute Gasteiger partial charge is 0.240 e. The topological polar surface area (TPSA) is 72.5 Å². The van der Waals surface area contributed by atoms with Crippen LogP contribution in [0.1, 0.15) is 22.8 Å². The van der Waals surface area contributed by atoms with E-state index in [0.717, 1.165) is 15.8 Å². The van der Waals surface area contributed by atoms with Gasteiger partial charge in [-0.2, -0.15) is 0 Å². The van der Waals surface area contributed by atoms with E-state index >= 15 is 0 Å². The lowest BCUT2D eigenvalue weighted by Gasteiger charge is -2.26. The van der Waals surface area contributed by atoms with Gasteiger partial charge in [-0.05, 0) is 49.2 Å². The zero-order chi connectivity index (χ0) is 17.3. The van der Waals surface area contributed by atoms with Gasteiger partial charge in [-0.1, -0.05) is 28.1 Å². The number of hydrogen-bond donors (Lipinski definition) is 1. The number of rotatable bonds is 4. The number of carbonyl (C=O) groups excluding carboxylic acids is 1. The molecule has 0 amide bonds. The van der Waals surface area contributed by atoms with E-state index in [2.05, 4.69) is 20.7 Å². The summed E-state index contributed by atoms with van der Waals surface area (Å²) < 4.78 is 34.2. The quantitative estimate of drug-likeness (QED) is 0.787. The Morgan fingerprint density at radius 1 is 1.21 bits per heavy atom. The maximum Gasteiger partial charge on any atom is 0.240 e. The predicted molar refractivity (Wildman–Crippen MR) is 93.9 cm³/mol. The molecule has 0 saturated heterocycles. The van der Waals surface area contributed by atoms with Crippen LogP contribution in [0.15, 0.2) is 51.8 Å². The lowest BCUT2D eigenvalue weighted by Crippen LogP contribution is -2.42. The zero-order valence-corrected chi connectivity index (χ0v) is 15.4. The van der Waals surface area contributed by atoms with Crippen molar-refractivity contribution in [1.82, 2.24) is 4.72 Å². The van der Waals surface area contributed by atoms with Crippen molar-refractivity contribution in [3.63, 3.8) is 0 Å². The van der Waals surface area contributed by atoms with Gasteiger partial charge in [-0.25, -0.2) is 13.1 Å². The standard InChI is InChI=1S/C17H16BrNO4S/c1-11(20)12-2-5-16(6-3-12)24(21,22)19-15-9-13-8-14(18)4-7-17(13)23-10-15/h2-8,15,19H,9-10H2,1H3. The number of halogens is 1. The Labute approximate surface area is 149 Å². The highest BCUT2D eigenvalue weighted by Gasteiger charge is 2.25. The van der Waals surface area contributed by atoms with Gasteiger partial charge in [0.1, 0.15) is 12.4 Å². The molecule has 1 aliphatic heterocycles. The van der Waals surface area contributed by atoms with Crippen molar-refractivity contribution < 1.29 is 17.9 Å². The van der Waals surface area contributed by atoms with E-state index < -0.39 is 10.0 Å². The van der Waals surface area contributed by atoms with Crippen molar-refractivity contribution in [3.05, 3.63) is 58.1 Å². The first kappa shape index (κ1) is 17.1. The van der Waals surface area contributed by atoms with Gasteiger partial charge in [0.25, 0.3) is 0 Å². The first-order valence-corrected chi connectivity index (χ1v) is 9.67. The molecule has 24 heavy (non-hydrogen) atoms. The van der Waals surface area contributed by atoms with E-state index in [-0.39, 0.29) is 23.3 Å². The van der Waals surface area contributed by atoms with Crippen LogP contribution in [-0.4, -0.2) is 26.8 Å². The van der Waals surface area contributed by atoms with Crippen molar-refractivity contribution in [2.24, 2.45) is 0 Å². The molecule has 1 heterocycles. The molecule has 0 aromatic heterocycles. The average Bonchev–Trinajstić information content (AvgIpc) is 2.54. The lowest BCUT2D eigenvalue weighted by molar-refractivity contribution is 0.101. The first-order valence-electron chi connectivity index (χ1n) is 7.40. The minimum absolute atomic E-state index is 0.102. The molecule has 0 radical (unpaired) electrons. The number of benzene rings is 2. The SMILES string of the molecule is CC(=O)c1ccc(S(=O)(=O)NC2COc3ccc(Br)cc3C2)cc1. The molecule has 0 bridgehead atoms. The van der Waals surface area contributed by atoms with Crippen molar-refractivity contribution in [3.8, 4) is 5.75 Å². The van der Waals surface area contributed by atoms with Gasteiger partial charge >= 0.3 is 0 Å². The predicted octanol–water partition coefficient (Wildman–Crippen LogP) is 2.93. The highest BCUT2D eigenvalue weighted by molar-refractivity contribution is 9.10. The lowest BCUT2D eigenvalue weighted by atomic mass is 10.0. The molecule has 0 aliphatic carbocycles. The summed E-state index contributed by atoms with van der Waals surface area (Å²) in [7, 11) is -3.67. The second kappa shape index (κ2) is 6.66. The average molecular weight is 410 g/mol. The van der Waals surface area contributed by atoms with Crippen molar-refractivity contribution >= 4 is 31.7 Å². The molecule has 0 saturated carbocycles. The summed E-state index contributed by atoms with van der Waals surface area (Å²) in [5.41, 5.74) is 1.43. The summed E-state index contributed by atoms with van der Waals surface area (Å²) in [6.07, 6.45) is 0.555. The number of carbonyl (C=O) groups is 1. The van der Waals surface area contributed by atoms with E-state index in [0.29, 0.717) is 12.0 Å². The Kier molecular flexibility index (Phi) is 4.76. The van der Waals surface area contributed by atoms with Gasteiger partial charge < -0.3 is 4.74 Å². The molecule has 0 spiro atoms. The summed E-state index contributed by atoms with van der Waals surface area (Å²) in [5, 5.41) is 0. The molecule has 126 valence electrons. The molecule has 5 nitrogen and oxygen atoms in total. The van der Waals surface area contributed by atoms with Crippen molar-refractivity contribution in [1.29, 1.82) is 0 Å². The van der Waals surface area contributed by atoms with Crippen LogP contribution in [0.2, 0.25) is 0 Å². The van der Waals surface area contributed by atoms with E-state index in [9.17, 15) is 13.2 Å². The number of hydrogen-bond acceptors (Lipinski definition) is 4. The fourth-order valence-corrected chi connectivity index (χ4v) is 4.22. The number of fused-ring (bicyclic) bond motifs is 1. The number of nitrogens with one attached hydrogen (secondary N) is 1. The zero-order valence-electron chi connectivity index (χ0n) is 13.0. The monoisotopic (exact) mass is 409 g/mol. The third-order valence-corrected chi connectivity index (χ3v) is 5.85. The van der Waals surface area contributed by atoms with E-state index in [1.54, 1.807) is 0 Å². The Morgan fingerprint density at radius 3 is 2.58 bits per heavy atom. The van der Waals surface area contributed by atoms with Crippen LogP contribution in [0.25, 0.3) is 0 Å². The van der Waals surface area contributed by atoms with Gasteiger partial charge in [0.2, 0.25) is 10.0 Å². The molecule has 0 fully saturated rings. The van der Waals surface area contributed by atoms with Crippen LogP contribution in [-0.2, 0) is 16.4 Å². The Hall–Kier alpha value is -1.70. The largest absolute Gasteiger partial charge is 0.492 e. The van der Waals surface area contributed by atoms with Gasteiger partial charge in [0.15, 0.2) is 5.78 Å². The minimum atomic E-state index is -3.67. The molecule has 1 N–H and O–H groups in total. The third kappa shape index (κ3) is 3.68. The maximum atomic E-state index is 12.5. The molecule has 2 aromatic carbocycles. The van der Waals surface area contributed by atoms with Gasteiger partial charge in [-0.3, -0.25) is 4.79 Å². The molecule has 1 atom stereocenters. The molecule has 3 rings (SSSR count). The van der Waals surface area contributed by atoms with E-state index in [4.69, 9.17) is 4.74 Å². The molecular weight excluding hydrogens is 394 g/mol. The van der Waals surface area contributed by atoms with Crippen LogP contribution in [0.4, 0.5) is 0 Å². The van der Waals surface area contributed by atoms with Crippen LogP contribution in [0.3, 0.4) is 0 Å². The van der Waals surface area contributed by atoms with Crippen LogP contribution in [0.5, 0.6) is 5.75 Å². The normalized spacial score (nSPS) is 17.0. The minimum Gasteiger partial charge on any atom is -0.492 e. The summed E-state index contributed by atoms with van der Waals surface area (Å²) in [6.45, 7) is 1.72. The number of Topliss-reactive ketones (excluding diaryl/α,β-unsaturated/α-hetero) is 1. The molecule has 2 aromatic rings. The Bertz CT molecular complexity index is 878. The fraction of sp³-hybridized carbons (Fsp3) is 0.235. The molecule has 1 aliphatic rings. The molecule has 7 heteroatoms. The van der Waals surface area contributed by atoms with Crippen LogP contribution >= 0.6 is 15.9 Å². The second-order valence-corrected chi connectivity index (χ2v) is 8.30. The van der Waals surface area contributed by atoms with Crippen molar-refractivity contribution in [2.45, 2.75) is 24.3 Å². The Balaban J connectivity index is 1.76. The van der Waals surface area contributed by atoms with Crippen LogP contribution < -0.4 is 9.46 Å². The highest BCUT2D eigenvalue weighted by atomic mass is 79.9. The van der Waals surface area contributed by atoms with Crippen LogP contribution in [0, 0.1) is 0 Å². The summed E-state index contributed by atoms with van der Waals surface area (Å²) in [5.74, 6) is 0.675. The van der Waals surface area contributed by atoms with E-state index in [1.807, 2.05) is 18.2 Å². The Morgan fingerprint density at radius 2 is 1.92 bits per heavy atom. The maximum absolute atomic E-state index is 12.5. The number of ether oxygens (including phenoxy) is 1. The number of sulfonamides is 1. The summed E-state index contributed by atoms with van der Waals surface area (Å²) in [6, 6.07) is 11.2. The molecular formula is C17H16BrNO4S. The third-order valence-electron chi connectivity index (χ3n) is 3.82. The van der Waals surface area contributed by atoms with Gasteiger partial charge in [-0.15, -0.1) is 0 Å². The fourth-order valence-electron chi connectivity index (χ4n) is 2.60. The van der Waals surface area contributed by atoms with Crippen molar-refractivity contribution in [2.75, 3.05) is 6.61 Å². The summed E-state index contributed by atoms with van der Waals surface area (Å²) in [4.78, 5) is 11.4. The highest BCUT2D eigenvalue weighted by Crippen LogP contribution is 2.28. The van der Waals surface area contributed by atoms with E-state index in [1.165, 1.54) is 31.2 Å². The second-order valence-electron chi connectivity index (χ2n) is 5.67. The van der Waals surface area contributed by atoms with Gasteiger partial charge in [0, 0.05) is 10.0 Å². The van der Waals surface area contributed by atoms with Gasteiger partial charge in [0.05, 0.1) is 10.9 Å².